The van der Waals surface area contributed by atoms with Gasteiger partial charge >= 0.3 is 18.1 Å². The van der Waals surface area contributed by atoms with E-state index in [2.05, 4.69) is 29.0 Å². The second-order valence-corrected chi connectivity index (χ2v) is 18.7. The van der Waals surface area contributed by atoms with Gasteiger partial charge in [-0.25, -0.2) is 4.79 Å². The summed E-state index contributed by atoms with van der Waals surface area (Å²) >= 11 is 1.18. The molecule has 0 saturated carbocycles. The molecular weight excluding hydrogens is 910 g/mol. The number of methoxy groups -OCH3 is 2. The monoisotopic (exact) mass is 960 g/mol. The van der Waals surface area contributed by atoms with Crippen molar-refractivity contribution in [2.24, 2.45) is 0 Å². The lowest BCUT2D eigenvalue weighted by atomic mass is 9.71. The number of hydrogen-bond acceptors (Lipinski definition) is 15. The standard InChI is InChI=1S/C49H51F3N4O11S/c1-9-13-62-34-17-27-11-12-55(35(58)19-49(50,51)52)48(29(27)18-33(34)60-7)22-68-46-38-37(45-43(65-23-66-45)25(4)42(38)67-26(5)57)32(21-64-47(48)59)56-31(20-53)30-16-28-15-24(3)41(61-8)44(63-14-10-2)36(28)39(40(46)56)54(30)6/h9-10,15,17-18,30-32,39-40,46H,1-2,11-14,16,19,21-23H2,3-8H3/t30-,31-,32-,39-,40+,46+,48+/m0/s1. The van der Waals surface area contributed by atoms with Crippen molar-refractivity contribution >= 4 is 29.6 Å². The van der Waals surface area contributed by atoms with Crippen LogP contribution in [0.3, 0.4) is 0 Å². The maximum absolute atomic E-state index is 15.5. The zero-order valence-electron chi connectivity index (χ0n) is 38.5. The van der Waals surface area contributed by atoms with Crippen LogP contribution in [0.5, 0.6) is 40.2 Å². The van der Waals surface area contributed by atoms with Gasteiger partial charge in [0.15, 0.2) is 40.0 Å². The number of halogens is 3. The molecule has 360 valence electrons. The van der Waals surface area contributed by atoms with Gasteiger partial charge in [-0.1, -0.05) is 31.4 Å². The number of aryl methyl sites for hydroxylation is 1. The first-order valence-corrected chi connectivity index (χ1v) is 23.2. The number of fused-ring (bicyclic) bond motifs is 9. The van der Waals surface area contributed by atoms with E-state index < -0.39 is 78.0 Å². The van der Waals surface area contributed by atoms with Crippen molar-refractivity contribution in [3.05, 3.63) is 88.0 Å². The fourth-order valence-corrected chi connectivity index (χ4v) is 13.1. The maximum Gasteiger partial charge on any atom is 0.397 e. The summed E-state index contributed by atoms with van der Waals surface area (Å²) in [4.78, 5) is 48.2. The second-order valence-electron chi connectivity index (χ2n) is 17.6. The smallest absolute Gasteiger partial charge is 0.397 e. The number of carbonyl (C=O) groups excluding carboxylic acids is 3. The molecule has 7 heterocycles. The largest absolute Gasteiger partial charge is 0.493 e. The minimum Gasteiger partial charge on any atom is -0.493 e. The van der Waals surface area contributed by atoms with Crippen LogP contribution in [0, 0.1) is 25.2 Å². The van der Waals surface area contributed by atoms with Gasteiger partial charge in [0.2, 0.25) is 12.7 Å². The number of hydrogen-bond donors (Lipinski definition) is 0. The van der Waals surface area contributed by atoms with Gasteiger partial charge in [-0.05, 0) is 68.1 Å². The molecule has 0 N–H and O–H groups in total. The first-order valence-electron chi connectivity index (χ1n) is 22.1. The van der Waals surface area contributed by atoms with Crippen molar-refractivity contribution < 1.29 is 65.4 Å². The van der Waals surface area contributed by atoms with Crippen LogP contribution in [0.1, 0.15) is 75.2 Å². The number of thioether (sulfide) groups is 1. The normalized spacial score (nSPS) is 25.7. The number of benzene rings is 3. The number of rotatable bonds is 10. The molecule has 7 atom stereocenters. The average molecular weight is 961 g/mol. The van der Waals surface area contributed by atoms with Gasteiger partial charge in [-0.15, -0.1) is 11.8 Å². The number of ether oxygens (including phenoxy) is 8. The van der Waals surface area contributed by atoms with Gasteiger partial charge in [-0.3, -0.25) is 19.4 Å². The summed E-state index contributed by atoms with van der Waals surface area (Å²) in [6.07, 6.45) is -3.09. The Bertz CT molecular complexity index is 2670. The fraction of sp³-hybridized carbons (Fsp3) is 0.469. The Labute approximate surface area is 395 Å². The summed E-state index contributed by atoms with van der Waals surface area (Å²) in [5, 5.41) is 10.5. The highest BCUT2D eigenvalue weighted by Gasteiger charge is 2.63. The second kappa shape index (κ2) is 17.8. The molecule has 15 nitrogen and oxygen atoms in total. The molecule has 0 unspecified atom stereocenters. The molecule has 4 bridgehead atoms. The number of carbonyl (C=O) groups is 3. The zero-order valence-corrected chi connectivity index (χ0v) is 39.3. The van der Waals surface area contributed by atoms with E-state index in [-0.39, 0.29) is 55.8 Å². The molecule has 3 aromatic carbocycles. The van der Waals surface area contributed by atoms with E-state index in [0.29, 0.717) is 57.4 Å². The first kappa shape index (κ1) is 47.0. The van der Waals surface area contributed by atoms with Crippen LogP contribution >= 0.6 is 11.8 Å². The highest BCUT2D eigenvalue weighted by atomic mass is 32.2. The Balaban J connectivity index is 1.35. The summed E-state index contributed by atoms with van der Waals surface area (Å²) in [6.45, 7) is 11.9. The number of nitriles is 1. The SMILES string of the molecule is C=CCOc1cc2c(cc1OC)[C@@]1(CS[C@@H]3c4c(OC(C)=O)c(C)c5c(c4[C@H](COC1=O)N1[C@@H]3[C@@H]3c4c(cc(C)c(OC)c4OCC=C)C[C@@H]([C@@H]1C#N)N3C)OCO5)N(C(=O)CC(F)(F)F)CC2. The quantitative estimate of drug-likeness (QED) is 0.117. The molecule has 0 aromatic heterocycles. The lowest BCUT2D eigenvalue weighted by Gasteiger charge is -2.62. The molecule has 7 aliphatic rings. The van der Waals surface area contributed by atoms with Crippen LogP contribution in [-0.2, 0) is 37.5 Å². The Morgan fingerprint density at radius 1 is 0.971 bits per heavy atom. The van der Waals surface area contributed by atoms with E-state index in [1.165, 1.54) is 31.9 Å². The van der Waals surface area contributed by atoms with Crippen LogP contribution < -0.4 is 33.2 Å². The molecular formula is C49H51F3N4O11S. The third-order valence-corrected chi connectivity index (χ3v) is 15.4. The van der Waals surface area contributed by atoms with Crippen LogP contribution in [0.4, 0.5) is 13.2 Å². The number of alkyl halides is 3. The summed E-state index contributed by atoms with van der Waals surface area (Å²) in [5.41, 5.74) is 2.48. The number of likely N-dealkylation sites (N-methyl/N-ethyl adjacent to an activating group) is 1. The molecule has 2 fully saturated rings. The Kier molecular flexibility index (Phi) is 12.3. The van der Waals surface area contributed by atoms with Crippen LogP contribution in [0.15, 0.2) is 43.5 Å². The van der Waals surface area contributed by atoms with Crippen molar-refractivity contribution in [3.8, 4) is 46.3 Å². The Morgan fingerprint density at radius 3 is 2.38 bits per heavy atom. The molecule has 0 radical (unpaired) electrons. The third-order valence-electron chi connectivity index (χ3n) is 14.0. The lowest BCUT2D eigenvalue weighted by Crippen LogP contribution is -2.69. The van der Waals surface area contributed by atoms with Crippen molar-refractivity contribution in [1.82, 2.24) is 14.7 Å². The summed E-state index contributed by atoms with van der Waals surface area (Å²) in [7, 11) is 4.89. The minimum absolute atomic E-state index is 0.0707. The van der Waals surface area contributed by atoms with Crippen LogP contribution in [0.25, 0.3) is 0 Å². The van der Waals surface area contributed by atoms with E-state index in [4.69, 9.17) is 37.9 Å². The Hall–Kier alpha value is -6.10. The van der Waals surface area contributed by atoms with E-state index in [0.717, 1.165) is 21.6 Å². The first-order chi connectivity index (χ1) is 32.5. The fourth-order valence-electron chi connectivity index (χ4n) is 11.4. The summed E-state index contributed by atoms with van der Waals surface area (Å²) in [6, 6.07) is 4.21. The minimum atomic E-state index is -4.92. The van der Waals surface area contributed by atoms with Gasteiger partial charge in [0, 0.05) is 53.6 Å². The van der Waals surface area contributed by atoms with Gasteiger partial charge < -0.3 is 42.8 Å². The zero-order chi connectivity index (χ0) is 48.6. The highest BCUT2D eigenvalue weighted by Crippen LogP contribution is 2.65. The number of esters is 2. The predicted molar refractivity (Wildman–Crippen MR) is 240 cm³/mol. The third kappa shape index (κ3) is 7.28. The molecule has 1 amide bonds. The van der Waals surface area contributed by atoms with Crippen LogP contribution in [-0.4, -0.2) is 117 Å². The molecule has 68 heavy (non-hydrogen) atoms. The van der Waals surface area contributed by atoms with E-state index in [1.54, 1.807) is 32.3 Å². The van der Waals surface area contributed by atoms with Gasteiger partial charge in [0.1, 0.15) is 38.0 Å². The van der Waals surface area contributed by atoms with Gasteiger partial charge in [0.05, 0.1) is 37.6 Å². The molecule has 2 saturated heterocycles. The molecule has 19 heteroatoms. The van der Waals surface area contributed by atoms with E-state index in [1.807, 2.05) is 20.0 Å². The molecule has 7 aliphatic heterocycles. The van der Waals surface area contributed by atoms with Gasteiger partial charge in [-0.2, -0.15) is 18.4 Å². The summed E-state index contributed by atoms with van der Waals surface area (Å²) < 4.78 is 92.2. The van der Waals surface area contributed by atoms with Crippen molar-refractivity contribution in [2.45, 2.75) is 87.2 Å². The highest BCUT2D eigenvalue weighted by molar-refractivity contribution is 7.99. The Morgan fingerprint density at radius 2 is 1.71 bits per heavy atom. The predicted octanol–water partition coefficient (Wildman–Crippen LogP) is 6.90. The van der Waals surface area contributed by atoms with Crippen molar-refractivity contribution in [3.63, 3.8) is 0 Å². The summed E-state index contributed by atoms with van der Waals surface area (Å²) in [5.74, 6) is -1.08. The van der Waals surface area contributed by atoms with Crippen LogP contribution in [0.2, 0.25) is 0 Å². The van der Waals surface area contributed by atoms with Crippen molar-refractivity contribution in [1.29, 1.82) is 5.26 Å². The van der Waals surface area contributed by atoms with E-state index in [9.17, 15) is 28.0 Å². The van der Waals surface area contributed by atoms with E-state index >= 15 is 4.79 Å². The van der Waals surface area contributed by atoms with Crippen molar-refractivity contribution in [2.75, 3.05) is 60.2 Å². The number of nitrogens with zero attached hydrogens (tertiary/aromatic N) is 4. The number of amides is 1. The molecule has 3 aromatic rings. The topological polar surface area (TPSA) is 159 Å². The molecule has 10 rings (SSSR count). The lowest BCUT2D eigenvalue weighted by molar-refractivity contribution is -0.178. The van der Waals surface area contributed by atoms with Gasteiger partial charge in [0.25, 0.3) is 0 Å². The average Bonchev–Trinajstić information content (AvgIpc) is 3.79. The molecule has 0 aliphatic carbocycles. The maximum atomic E-state index is 15.5. The number of piperazine rings is 1. The molecule has 1 spiro atoms.